The number of rotatable bonds is 5. The van der Waals surface area contributed by atoms with Gasteiger partial charge in [-0.3, -0.25) is 0 Å². The Balaban J connectivity index is 1.40. The highest BCUT2D eigenvalue weighted by atomic mass is 35.5. The van der Waals surface area contributed by atoms with E-state index in [9.17, 15) is 0 Å². The summed E-state index contributed by atoms with van der Waals surface area (Å²) in [6.45, 7) is 0.802. The molecule has 1 aromatic carbocycles. The molecule has 0 amide bonds. The molecule has 0 bridgehead atoms. The van der Waals surface area contributed by atoms with Gasteiger partial charge in [0, 0.05) is 41.8 Å². The van der Waals surface area contributed by atoms with E-state index >= 15 is 0 Å². The molecule has 1 N–H and O–H groups in total. The van der Waals surface area contributed by atoms with Crippen molar-refractivity contribution in [3.63, 3.8) is 0 Å². The summed E-state index contributed by atoms with van der Waals surface area (Å²) >= 11 is 6.14. The summed E-state index contributed by atoms with van der Waals surface area (Å²) < 4.78 is 1.82. The van der Waals surface area contributed by atoms with E-state index < -0.39 is 0 Å². The predicted molar refractivity (Wildman–Crippen MR) is 100 cm³/mol. The van der Waals surface area contributed by atoms with Crippen LogP contribution in [0.2, 0.25) is 5.02 Å². The Morgan fingerprint density at radius 1 is 1.12 bits per heavy atom. The van der Waals surface area contributed by atoms with Gasteiger partial charge in [0.05, 0.1) is 0 Å². The van der Waals surface area contributed by atoms with Gasteiger partial charge in [-0.1, -0.05) is 29.8 Å². The highest BCUT2D eigenvalue weighted by Gasteiger charge is 2.25. The highest BCUT2D eigenvalue weighted by Crippen LogP contribution is 2.35. The summed E-state index contributed by atoms with van der Waals surface area (Å²) in [5.74, 6) is 1.49. The smallest absolute Gasteiger partial charge is 0.157 e. The molecule has 1 aliphatic carbocycles. The maximum absolute atomic E-state index is 6.14. The summed E-state index contributed by atoms with van der Waals surface area (Å²) in [6, 6.07) is 14.8. The number of pyridine rings is 1. The molecule has 0 spiro atoms. The summed E-state index contributed by atoms with van der Waals surface area (Å²) in [6.07, 6.45) is 9.06. The Bertz CT molecular complexity index is 831. The van der Waals surface area contributed by atoms with Crippen molar-refractivity contribution in [1.82, 2.24) is 20.1 Å². The lowest BCUT2D eigenvalue weighted by molar-refractivity contribution is 0.515. The fraction of sp³-hybridized carbons (Fsp3) is 0.300. The Morgan fingerprint density at radius 2 is 2.08 bits per heavy atom. The molecule has 0 radical (unpaired) electrons. The fourth-order valence-corrected chi connectivity index (χ4v) is 3.85. The van der Waals surface area contributed by atoms with Crippen LogP contribution < -0.4 is 5.32 Å². The SMILES string of the molecule is Clc1cccc(C2CCC(NCc3cccnc3-n3cccn3)C2)c1. The zero-order valence-corrected chi connectivity index (χ0v) is 14.7. The van der Waals surface area contributed by atoms with Crippen LogP contribution >= 0.6 is 11.6 Å². The van der Waals surface area contributed by atoms with Gasteiger partial charge in [0.15, 0.2) is 5.82 Å². The fourth-order valence-electron chi connectivity index (χ4n) is 3.65. The molecule has 2 atom stereocenters. The van der Waals surface area contributed by atoms with Crippen LogP contribution in [0.4, 0.5) is 0 Å². The molecule has 2 unspecified atom stereocenters. The average Bonchev–Trinajstić information content (AvgIpc) is 3.32. The van der Waals surface area contributed by atoms with Crippen LogP contribution in [0.1, 0.15) is 36.3 Å². The number of aromatic nitrogens is 3. The zero-order chi connectivity index (χ0) is 17.1. The zero-order valence-electron chi connectivity index (χ0n) is 14.0. The first kappa shape index (κ1) is 16.3. The molecule has 1 fully saturated rings. The van der Waals surface area contributed by atoms with E-state index in [1.54, 1.807) is 6.20 Å². The maximum Gasteiger partial charge on any atom is 0.157 e. The van der Waals surface area contributed by atoms with Crippen molar-refractivity contribution in [2.75, 3.05) is 0 Å². The van der Waals surface area contributed by atoms with Crippen molar-refractivity contribution in [2.24, 2.45) is 0 Å². The molecule has 2 aromatic heterocycles. The van der Waals surface area contributed by atoms with Gasteiger partial charge >= 0.3 is 0 Å². The predicted octanol–water partition coefficient (Wildman–Crippen LogP) is 4.35. The quantitative estimate of drug-likeness (QED) is 0.742. The van der Waals surface area contributed by atoms with E-state index in [0.29, 0.717) is 12.0 Å². The molecular weight excluding hydrogens is 332 g/mol. The maximum atomic E-state index is 6.14. The molecule has 4 nitrogen and oxygen atoms in total. The largest absolute Gasteiger partial charge is 0.310 e. The Labute approximate surface area is 152 Å². The number of hydrogen-bond donors (Lipinski definition) is 1. The summed E-state index contributed by atoms with van der Waals surface area (Å²) in [5, 5.41) is 8.83. The summed E-state index contributed by atoms with van der Waals surface area (Å²) in [4.78, 5) is 4.48. The lowest BCUT2D eigenvalue weighted by atomic mass is 9.97. The number of nitrogens with one attached hydrogen (secondary N) is 1. The molecular formula is C20H21ClN4. The van der Waals surface area contributed by atoms with Gasteiger partial charge in [0.25, 0.3) is 0 Å². The number of halogens is 1. The molecule has 0 aliphatic heterocycles. The second-order valence-corrected chi connectivity index (χ2v) is 7.02. The van der Waals surface area contributed by atoms with E-state index in [-0.39, 0.29) is 0 Å². The standard InChI is InChI=1S/C20H21ClN4/c21-18-6-1-4-15(12-18)16-7-8-19(13-16)23-14-17-5-2-9-22-20(17)25-11-3-10-24-25/h1-6,9-12,16,19,23H,7-8,13-14H2. The van der Waals surface area contributed by atoms with Crippen LogP contribution in [0.25, 0.3) is 5.82 Å². The molecule has 5 heteroatoms. The van der Waals surface area contributed by atoms with Crippen LogP contribution in [0.5, 0.6) is 0 Å². The van der Waals surface area contributed by atoms with Crippen LogP contribution in [0.15, 0.2) is 61.1 Å². The lowest BCUT2D eigenvalue weighted by Gasteiger charge is -2.15. The van der Waals surface area contributed by atoms with Crippen molar-refractivity contribution < 1.29 is 0 Å². The lowest BCUT2D eigenvalue weighted by Crippen LogP contribution is -2.26. The Hall–Kier alpha value is -2.17. The van der Waals surface area contributed by atoms with E-state index in [1.807, 2.05) is 41.3 Å². The van der Waals surface area contributed by atoms with Gasteiger partial charge < -0.3 is 5.32 Å². The van der Waals surface area contributed by atoms with Gasteiger partial charge in [-0.2, -0.15) is 5.10 Å². The molecule has 4 rings (SSSR count). The minimum Gasteiger partial charge on any atom is -0.310 e. The van der Waals surface area contributed by atoms with Gasteiger partial charge in [0.1, 0.15) is 0 Å². The second-order valence-electron chi connectivity index (χ2n) is 6.58. The summed E-state index contributed by atoms with van der Waals surface area (Å²) in [5.41, 5.74) is 2.52. The minimum absolute atomic E-state index is 0.523. The van der Waals surface area contributed by atoms with Gasteiger partial charge in [0.2, 0.25) is 0 Å². The van der Waals surface area contributed by atoms with Crippen molar-refractivity contribution in [1.29, 1.82) is 0 Å². The molecule has 1 saturated carbocycles. The third kappa shape index (κ3) is 3.75. The van der Waals surface area contributed by atoms with Crippen molar-refractivity contribution in [3.05, 3.63) is 77.2 Å². The van der Waals surface area contributed by atoms with Crippen LogP contribution in [0, 0.1) is 0 Å². The molecule has 128 valence electrons. The van der Waals surface area contributed by atoms with E-state index in [1.165, 1.54) is 18.4 Å². The summed E-state index contributed by atoms with van der Waals surface area (Å²) in [7, 11) is 0. The third-order valence-electron chi connectivity index (χ3n) is 4.92. The molecule has 0 saturated heterocycles. The first-order valence-electron chi connectivity index (χ1n) is 8.72. The van der Waals surface area contributed by atoms with Crippen LogP contribution in [0.3, 0.4) is 0 Å². The minimum atomic E-state index is 0.523. The first-order valence-corrected chi connectivity index (χ1v) is 9.10. The van der Waals surface area contributed by atoms with E-state index in [4.69, 9.17) is 11.6 Å². The molecule has 25 heavy (non-hydrogen) atoms. The van der Waals surface area contributed by atoms with E-state index in [2.05, 4.69) is 33.6 Å². The van der Waals surface area contributed by atoms with E-state index in [0.717, 1.165) is 29.4 Å². The van der Waals surface area contributed by atoms with Crippen molar-refractivity contribution in [3.8, 4) is 5.82 Å². The molecule has 1 aliphatic rings. The monoisotopic (exact) mass is 352 g/mol. The third-order valence-corrected chi connectivity index (χ3v) is 5.16. The normalized spacial score (nSPS) is 20.0. The number of benzene rings is 1. The molecule has 2 heterocycles. The van der Waals surface area contributed by atoms with Crippen LogP contribution in [-0.2, 0) is 6.54 Å². The average molecular weight is 353 g/mol. The topological polar surface area (TPSA) is 42.7 Å². The second kappa shape index (κ2) is 7.38. The van der Waals surface area contributed by atoms with Gasteiger partial charge in [-0.05, 0) is 55.0 Å². The van der Waals surface area contributed by atoms with Gasteiger partial charge in [-0.15, -0.1) is 0 Å². The highest BCUT2D eigenvalue weighted by molar-refractivity contribution is 6.30. The van der Waals surface area contributed by atoms with Crippen molar-refractivity contribution in [2.45, 2.75) is 37.8 Å². The van der Waals surface area contributed by atoms with Gasteiger partial charge in [-0.25, -0.2) is 9.67 Å². The molecule has 3 aromatic rings. The van der Waals surface area contributed by atoms with Crippen LogP contribution in [-0.4, -0.2) is 20.8 Å². The Morgan fingerprint density at radius 3 is 2.92 bits per heavy atom. The number of nitrogens with zero attached hydrogens (tertiary/aromatic N) is 3. The van der Waals surface area contributed by atoms with Crippen molar-refractivity contribution >= 4 is 11.6 Å². The number of hydrogen-bond acceptors (Lipinski definition) is 3. The first-order chi connectivity index (χ1) is 12.3. The Kier molecular flexibility index (Phi) is 4.81.